The van der Waals surface area contributed by atoms with E-state index in [1.807, 2.05) is 24.3 Å². The van der Waals surface area contributed by atoms with Gasteiger partial charge in [-0.3, -0.25) is 4.79 Å². The van der Waals surface area contributed by atoms with E-state index >= 15 is 0 Å². The third-order valence-electron chi connectivity index (χ3n) is 3.32. The van der Waals surface area contributed by atoms with Gasteiger partial charge in [-0.1, -0.05) is 17.3 Å². The molecule has 8 nitrogen and oxygen atoms in total. The van der Waals surface area contributed by atoms with Gasteiger partial charge in [-0.2, -0.15) is 0 Å². The van der Waals surface area contributed by atoms with Gasteiger partial charge < -0.3 is 25.0 Å². The van der Waals surface area contributed by atoms with E-state index in [9.17, 15) is 9.59 Å². The van der Waals surface area contributed by atoms with Crippen LogP contribution in [-0.2, 0) is 16.0 Å². The Kier molecular flexibility index (Phi) is 5.78. The molecule has 0 bridgehead atoms. The number of anilines is 1. The maximum absolute atomic E-state index is 11.8. The number of methoxy groups -OCH3 is 1. The first kappa shape index (κ1) is 17.3. The predicted molar refractivity (Wildman–Crippen MR) is 85.6 cm³/mol. The highest BCUT2D eigenvalue weighted by atomic mass is 16.5. The number of nitrogens with zero attached hydrogens (tertiary/aromatic N) is 1. The molecule has 0 aliphatic heterocycles. The number of carbonyl (C=O) groups is 2. The number of aryl methyl sites for hydroxylation is 1. The molecule has 0 saturated carbocycles. The molecule has 0 spiro atoms. The van der Waals surface area contributed by atoms with Gasteiger partial charge in [0.15, 0.2) is 6.61 Å². The zero-order valence-electron chi connectivity index (χ0n) is 13.5. The van der Waals surface area contributed by atoms with E-state index in [0.717, 1.165) is 11.3 Å². The standard InChI is InChI=1S/C16H19N3O5/c1-10-14(15(17)24-19-10)16(21)23-9-13(20)18-8-7-11-3-5-12(22-2)6-4-11/h3-6H,7-9,17H2,1-2H3,(H,18,20). The van der Waals surface area contributed by atoms with Crippen LogP contribution in [0.3, 0.4) is 0 Å². The number of nitrogens with two attached hydrogens (primary N) is 1. The topological polar surface area (TPSA) is 117 Å². The van der Waals surface area contributed by atoms with Crippen molar-refractivity contribution in [3.8, 4) is 5.75 Å². The molecule has 1 aromatic carbocycles. The lowest BCUT2D eigenvalue weighted by atomic mass is 10.1. The summed E-state index contributed by atoms with van der Waals surface area (Å²) in [6.07, 6.45) is 0.654. The van der Waals surface area contributed by atoms with Crippen molar-refractivity contribution in [1.82, 2.24) is 10.5 Å². The maximum atomic E-state index is 11.8. The van der Waals surface area contributed by atoms with Gasteiger partial charge in [0.2, 0.25) is 5.88 Å². The van der Waals surface area contributed by atoms with E-state index in [2.05, 4.69) is 15.0 Å². The molecule has 1 amide bonds. The van der Waals surface area contributed by atoms with Crippen LogP contribution in [0.5, 0.6) is 5.75 Å². The summed E-state index contributed by atoms with van der Waals surface area (Å²) >= 11 is 0. The van der Waals surface area contributed by atoms with Gasteiger partial charge in [-0.15, -0.1) is 0 Å². The van der Waals surface area contributed by atoms with Crippen molar-refractivity contribution >= 4 is 17.8 Å². The Morgan fingerprint density at radius 2 is 2.00 bits per heavy atom. The Morgan fingerprint density at radius 3 is 2.58 bits per heavy atom. The van der Waals surface area contributed by atoms with Gasteiger partial charge in [-0.25, -0.2) is 4.79 Å². The summed E-state index contributed by atoms with van der Waals surface area (Å²) in [6.45, 7) is 1.59. The van der Waals surface area contributed by atoms with E-state index in [1.165, 1.54) is 0 Å². The second-order valence-corrected chi connectivity index (χ2v) is 5.03. The number of nitrogen functional groups attached to an aromatic ring is 1. The second-order valence-electron chi connectivity index (χ2n) is 5.03. The van der Waals surface area contributed by atoms with E-state index in [4.69, 9.17) is 15.2 Å². The zero-order chi connectivity index (χ0) is 17.5. The van der Waals surface area contributed by atoms with Crippen molar-refractivity contribution in [2.75, 3.05) is 26.0 Å². The smallest absolute Gasteiger partial charge is 0.346 e. The van der Waals surface area contributed by atoms with Crippen LogP contribution >= 0.6 is 0 Å². The second kappa shape index (κ2) is 8.00. The van der Waals surface area contributed by atoms with Gasteiger partial charge >= 0.3 is 5.97 Å². The fourth-order valence-corrected chi connectivity index (χ4v) is 2.03. The van der Waals surface area contributed by atoms with Crippen LogP contribution in [0.4, 0.5) is 5.88 Å². The van der Waals surface area contributed by atoms with Crippen LogP contribution in [0.2, 0.25) is 0 Å². The number of carbonyl (C=O) groups excluding carboxylic acids is 2. The first-order chi connectivity index (χ1) is 11.5. The van der Waals surface area contributed by atoms with Crippen LogP contribution in [0.25, 0.3) is 0 Å². The summed E-state index contributed by atoms with van der Waals surface area (Å²) in [6, 6.07) is 7.54. The number of hydrogen-bond acceptors (Lipinski definition) is 7. The SMILES string of the molecule is COc1ccc(CCNC(=O)COC(=O)c2c(C)noc2N)cc1. The van der Waals surface area contributed by atoms with Crippen molar-refractivity contribution in [3.63, 3.8) is 0 Å². The third-order valence-corrected chi connectivity index (χ3v) is 3.32. The summed E-state index contributed by atoms with van der Waals surface area (Å²) in [5, 5.41) is 6.22. The zero-order valence-corrected chi connectivity index (χ0v) is 13.5. The number of nitrogens with one attached hydrogen (secondary N) is 1. The molecular formula is C16H19N3O5. The molecule has 3 N–H and O–H groups in total. The molecule has 1 aromatic heterocycles. The highest BCUT2D eigenvalue weighted by Crippen LogP contribution is 2.16. The largest absolute Gasteiger partial charge is 0.497 e. The van der Waals surface area contributed by atoms with Crippen LogP contribution in [0, 0.1) is 6.92 Å². The Balaban J connectivity index is 1.72. The molecule has 0 radical (unpaired) electrons. The molecule has 0 fully saturated rings. The van der Waals surface area contributed by atoms with E-state index in [1.54, 1.807) is 14.0 Å². The summed E-state index contributed by atoms with van der Waals surface area (Å²) in [5.74, 6) is -0.489. The molecule has 1 heterocycles. The number of hydrogen-bond donors (Lipinski definition) is 2. The molecule has 0 aliphatic carbocycles. The third kappa shape index (κ3) is 4.48. The maximum Gasteiger partial charge on any atom is 0.346 e. The minimum absolute atomic E-state index is 0.0426. The number of aromatic nitrogens is 1. The first-order valence-corrected chi connectivity index (χ1v) is 7.29. The number of amides is 1. The molecule has 0 saturated heterocycles. The van der Waals surface area contributed by atoms with E-state index in [-0.39, 0.29) is 11.4 Å². The van der Waals surface area contributed by atoms with Gasteiger partial charge in [0.05, 0.1) is 12.8 Å². The minimum Gasteiger partial charge on any atom is -0.497 e. The molecule has 128 valence electrons. The molecule has 0 unspecified atom stereocenters. The Hall–Kier alpha value is -3.03. The summed E-state index contributed by atoms with van der Waals surface area (Å²) in [7, 11) is 1.60. The van der Waals surface area contributed by atoms with Crippen molar-refractivity contribution < 1.29 is 23.6 Å². The fourth-order valence-electron chi connectivity index (χ4n) is 2.03. The molecule has 0 aliphatic rings. The van der Waals surface area contributed by atoms with Gasteiger partial charge in [0, 0.05) is 6.54 Å². The van der Waals surface area contributed by atoms with Gasteiger partial charge in [0.1, 0.15) is 11.3 Å². The van der Waals surface area contributed by atoms with Crippen LogP contribution < -0.4 is 15.8 Å². The van der Waals surface area contributed by atoms with Crippen molar-refractivity contribution in [3.05, 3.63) is 41.1 Å². The molecule has 2 aromatic rings. The van der Waals surface area contributed by atoms with Crippen molar-refractivity contribution in [1.29, 1.82) is 0 Å². The minimum atomic E-state index is -0.739. The highest BCUT2D eigenvalue weighted by Gasteiger charge is 2.20. The van der Waals surface area contributed by atoms with Crippen LogP contribution in [0.1, 0.15) is 21.6 Å². The molecular weight excluding hydrogens is 314 g/mol. The van der Waals surface area contributed by atoms with Crippen molar-refractivity contribution in [2.45, 2.75) is 13.3 Å². The number of rotatable bonds is 7. The van der Waals surface area contributed by atoms with Crippen LogP contribution in [-0.4, -0.2) is 37.3 Å². The fraction of sp³-hybridized carbons (Fsp3) is 0.312. The Morgan fingerprint density at radius 1 is 1.29 bits per heavy atom. The number of ether oxygens (including phenoxy) is 2. The first-order valence-electron chi connectivity index (χ1n) is 7.29. The summed E-state index contributed by atoms with van der Waals surface area (Å²) in [5.41, 5.74) is 6.89. The normalized spacial score (nSPS) is 10.2. The van der Waals surface area contributed by atoms with E-state index < -0.39 is 18.5 Å². The van der Waals surface area contributed by atoms with Crippen molar-refractivity contribution in [2.24, 2.45) is 0 Å². The molecule has 0 atom stereocenters. The number of benzene rings is 1. The lowest BCUT2D eigenvalue weighted by molar-refractivity contribution is -0.124. The van der Waals surface area contributed by atoms with Gasteiger partial charge in [0.25, 0.3) is 5.91 Å². The number of esters is 1. The van der Waals surface area contributed by atoms with E-state index in [0.29, 0.717) is 18.7 Å². The molecule has 2 rings (SSSR count). The molecule has 24 heavy (non-hydrogen) atoms. The summed E-state index contributed by atoms with van der Waals surface area (Å²) < 4.78 is 14.6. The Labute approximate surface area is 138 Å². The lowest BCUT2D eigenvalue weighted by Gasteiger charge is -2.07. The van der Waals surface area contributed by atoms with Gasteiger partial charge in [-0.05, 0) is 31.0 Å². The monoisotopic (exact) mass is 333 g/mol. The summed E-state index contributed by atoms with van der Waals surface area (Å²) in [4.78, 5) is 23.5. The molecule has 8 heteroatoms. The predicted octanol–water partition coefficient (Wildman–Crippen LogP) is 1.09. The average molecular weight is 333 g/mol. The Bertz CT molecular complexity index is 690. The highest BCUT2D eigenvalue weighted by molar-refractivity contribution is 5.96. The quantitative estimate of drug-likeness (QED) is 0.728. The van der Waals surface area contributed by atoms with Crippen LogP contribution in [0.15, 0.2) is 28.8 Å². The average Bonchev–Trinajstić information content (AvgIpc) is 2.92. The lowest BCUT2D eigenvalue weighted by Crippen LogP contribution is -2.30.